The van der Waals surface area contributed by atoms with Crippen molar-refractivity contribution < 1.29 is 23.0 Å². The molecule has 1 aromatic carbocycles. The topological polar surface area (TPSA) is 35.5 Å². The van der Waals surface area contributed by atoms with Crippen LogP contribution in [0.5, 0.6) is 0 Å². The van der Waals surface area contributed by atoms with Crippen LogP contribution in [-0.4, -0.2) is 13.1 Å². The Morgan fingerprint density at radius 3 is 1.83 bits per heavy atom. The molecule has 1 saturated carbocycles. The van der Waals surface area contributed by atoms with Crippen molar-refractivity contribution in [1.29, 1.82) is 0 Å². The standard InChI is InChI=1S/C17H20Br2F2O3/c1-16(2)14(17(16,3)4)15(22)24-7-8-10(18)12(20)9(6-23-5)13(21)11(8)19/h14H,6-7H2,1-5H3. The third-order valence-electron chi connectivity index (χ3n) is 5.35. The molecule has 1 fully saturated rings. The van der Waals surface area contributed by atoms with E-state index < -0.39 is 11.6 Å². The molecule has 24 heavy (non-hydrogen) atoms. The molecule has 1 aliphatic carbocycles. The number of rotatable bonds is 5. The van der Waals surface area contributed by atoms with Crippen LogP contribution in [0.3, 0.4) is 0 Å². The van der Waals surface area contributed by atoms with Gasteiger partial charge in [-0.15, -0.1) is 0 Å². The maximum Gasteiger partial charge on any atom is 0.310 e. The summed E-state index contributed by atoms with van der Waals surface area (Å²) in [5.41, 5.74) is -0.278. The van der Waals surface area contributed by atoms with E-state index >= 15 is 0 Å². The second kappa shape index (κ2) is 6.65. The number of carbonyl (C=O) groups excluding carboxylic acids is 1. The first-order valence-corrected chi connectivity index (χ1v) is 9.06. The fourth-order valence-electron chi connectivity index (χ4n) is 3.13. The van der Waals surface area contributed by atoms with Gasteiger partial charge in [-0.05, 0) is 42.7 Å². The summed E-state index contributed by atoms with van der Waals surface area (Å²) in [4.78, 5) is 12.3. The minimum atomic E-state index is -0.754. The van der Waals surface area contributed by atoms with Gasteiger partial charge in [0.2, 0.25) is 0 Å². The van der Waals surface area contributed by atoms with E-state index in [1.807, 2.05) is 27.7 Å². The lowest BCUT2D eigenvalue weighted by Gasteiger charge is -2.14. The van der Waals surface area contributed by atoms with E-state index in [9.17, 15) is 13.6 Å². The van der Waals surface area contributed by atoms with Gasteiger partial charge in [0.05, 0.1) is 27.0 Å². The quantitative estimate of drug-likeness (QED) is 0.430. The Morgan fingerprint density at radius 2 is 1.46 bits per heavy atom. The molecule has 0 spiro atoms. The Bertz CT molecular complexity index is 644. The smallest absolute Gasteiger partial charge is 0.310 e. The molecule has 0 atom stereocenters. The Morgan fingerprint density at radius 1 is 1.00 bits per heavy atom. The van der Waals surface area contributed by atoms with E-state index in [1.165, 1.54) is 7.11 Å². The third kappa shape index (κ3) is 3.03. The number of halogens is 4. The molecule has 0 aromatic heterocycles. The van der Waals surface area contributed by atoms with Gasteiger partial charge in [0.15, 0.2) is 0 Å². The lowest BCUT2D eigenvalue weighted by Crippen LogP contribution is -2.13. The highest BCUT2D eigenvalue weighted by molar-refractivity contribution is 9.11. The van der Waals surface area contributed by atoms with Crippen LogP contribution in [0.4, 0.5) is 8.78 Å². The maximum absolute atomic E-state index is 14.3. The largest absolute Gasteiger partial charge is 0.460 e. The van der Waals surface area contributed by atoms with Crippen molar-refractivity contribution in [3.63, 3.8) is 0 Å². The number of hydrogen-bond acceptors (Lipinski definition) is 3. The second-order valence-corrected chi connectivity index (χ2v) is 8.72. The van der Waals surface area contributed by atoms with Gasteiger partial charge in [-0.25, -0.2) is 8.78 Å². The molecule has 0 N–H and O–H groups in total. The van der Waals surface area contributed by atoms with Crippen molar-refractivity contribution in [2.75, 3.05) is 7.11 Å². The lowest BCUT2D eigenvalue weighted by atomic mass is 10.0. The number of esters is 1. The molecule has 0 bridgehead atoms. The monoisotopic (exact) mass is 468 g/mol. The Labute approximate surface area is 157 Å². The van der Waals surface area contributed by atoms with Crippen molar-refractivity contribution in [1.82, 2.24) is 0 Å². The van der Waals surface area contributed by atoms with E-state index in [1.54, 1.807) is 0 Å². The predicted octanol–water partition coefficient (Wildman–Crippen LogP) is 5.36. The van der Waals surface area contributed by atoms with Crippen molar-refractivity contribution in [2.24, 2.45) is 16.7 Å². The summed E-state index contributed by atoms with van der Waals surface area (Å²) >= 11 is 6.23. The third-order valence-corrected chi connectivity index (χ3v) is 7.00. The summed E-state index contributed by atoms with van der Waals surface area (Å²) in [5, 5.41) is 0. The van der Waals surface area contributed by atoms with Crippen molar-refractivity contribution in [2.45, 2.75) is 40.9 Å². The minimum absolute atomic E-state index is 0.0601. The van der Waals surface area contributed by atoms with Crippen LogP contribution < -0.4 is 0 Å². The molecule has 0 heterocycles. The summed E-state index contributed by atoms with van der Waals surface area (Å²) in [6.07, 6.45) is 0. The van der Waals surface area contributed by atoms with Gasteiger partial charge in [-0.2, -0.15) is 0 Å². The van der Waals surface area contributed by atoms with Crippen molar-refractivity contribution in [3.8, 4) is 0 Å². The molecule has 1 aromatic rings. The van der Waals surface area contributed by atoms with Crippen LogP contribution in [0.25, 0.3) is 0 Å². The SMILES string of the molecule is COCc1c(F)c(Br)c(COC(=O)C2C(C)(C)C2(C)C)c(Br)c1F. The van der Waals surface area contributed by atoms with Crippen LogP contribution in [0.1, 0.15) is 38.8 Å². The summed E-state index contributed by atoms with van der Waals surface area (Å²) in [5.74, 6) is -2.10. The van der Waals surface area contributed by atoms with Gasteiger partial charge in [-0.3, -0.25) is 4.79 Å². The Kier molecular flexibility index (Phi) is 5.48. The van der Waals surface area contributed by atoms with Crippen LogP contribution >= 0.6 is 31.9 Å². The lowest BCUT2D eigenvalue weighted by molar-refractivity contribution is -0.148. The molecule has 0 radical (unpaired) electrons. The minimum Gasteiger partial charge on any atom is -0.460 e. The normalized spacial score (nSPS) is 18.5. The molecule has 3 nitrogen and oxygen atoms in total. The highest BCUT2D eigenvalue weighted by Gasteiger charge is 2.69. The summed E-state index contributed by atoms with van der Waals surface area (Å²) < 4.78 is 38.9. The van der Waals surface area contributed by atoms with Gasteiger partial charge < -0.3 is 9.47 Å². The van der Waals surface area contributed by atoms with E-state index in [0.29, 0.717) is 0 Å². The zero-order chi connectivity index (χ0) is 18.4. The van der Waals surface area contributed by atoms with Crippen LogP contribution in [0, 0.1) is 28.4 Å². The molecule has 2 rings (SSSR count). The van der Waals surface area contributed by atoms with Gasteiger partial charge in [0.25, 0.3) is 0 Å². The Balaban J connectivity index is 2.21. The number of ether oxygens (including phenoxy) is 2. The molecular weight excluding hydrogens is 450 g/mol. The van der Waals surface area contributed by atoms with Crippen molar-refractivity contribution in [3.05, 3.63) is 31.7 Å². The molecule has 0 amide bonds. The number of hydrogen-bond donors (Lipinski definition) is 0. The van der Waals surface area contributed by atoms with Crippen molar-refractivity contribution >= 4 is 37.8 Å². The first kappa shape index (κ1) is 19.8. The zero-order valence-electron chi connectivity index (χ0n) is 14.2. The summed E-state index contributed by atoms with van der Waals surface area (Å²) in [6, 6.07) is 0. The number of methoxy groups -OCH3 is 1. The first-order chi connectivity index (χ1) is 11.0. The highest BCUT2D eigenvalue weighted by Crippen LogP contribution is 2.68. The van der Waals surface area contributed by atoms with Gasteiger partial charge in [-0.1, -0.05) is 27.7 Å². The Hall–Kier alpha value is -0.530. The molecule has 134 valence electrons. The fraction of sp³-hybridized carbons (Fsp3) is 0.588. The predicted molar refractivity (Wildman–Crippen MR) is 93.3 cm³/mol. The molecule has 1 aliphatic rings. The average Bonchev–Trinajstić information content (AvgIpc) is 2.91. The fourth-order valence-corrected chi connectivity index (χ4v) is 4.50. The van der Waals surface area contributed by atoms with Gasteiger partial charge in [0, 0.05) is 12.7 Å². The van der Waals surface area contributed by atoms with E-state index in [-0.39, 0.29) is 56.0 Å². The molecule has 0 unspecified atom stereocenters. The van der Waals surface area contributed by atoms with Gasteiger partial charge in [0.1, 0.15) is 18.2 Å². The van der Waals surface area contributed by atoms with Crippen LogP contribution in [0.15, 0.2) is 8.95 Å². The molecule has 0 saturated heterocycles. The second-order valence-electron chi connectivity index (χ2n) is 7.13. The van der Waals surface area contributed by atoms with E-state index in [2.05, 4.69) is 31.9 Å². The summed E-state index contributed by atoms with van der Waals surface area (Å²) in [6.45, 7) is 7.60. The molecule has 7 heteroatoms. The first-order valence-electron chi connectivity index (χ1n) is 7.47. The highest BCUT2D eigenvalue weighted by atomic mass is 79.9. The molecule has 0 aliphatic heterocycles. The maximum atomic E-state index is 14.3. The van der Waals surface area contributed by atoms with Crippen LogP contribution in [-0.2, 0) is 27.5 Å². The number of benzene rings is 1. The van der Waals surface area contributed by atoms with E-state index in [0.717, 1.165) is 0 Å². The van der Waals surface area contributed by atoms with Crippen LogP contribution in [0.2, 0.25) is 0 Å². The number of carbonyl (C=O) groups is 1. The van der Waals surface area contributed by atoms with E-state index in [4.69, 9.17) is 9.47 Å². The van der Waals surface area contributed by atoms with Gasteiger partial charge >= 0.3 is 5.97 Å². The molecular formula is C17H20Br2F2O3. The average molecular weight is 470 g/mol. The zero-order valence-corrected chi connectivity index (χ0v) is 17.4. The summed E-state index contributed by atoms with van der Waals surface area (Å²) in [7, 11) is 1.36.